The van der Waals surface area contributed by atoms with Gasteiger partial charge in [0.1, 0.15) is 18.1 Å². The number of rotatable bonds is 3. The summed E-state index contributed by atoms with van der Waals surface area (Å²) < 4.78 is 5.26. The predicted octanol–water partition coefficient (Wildman–Crippen LogP) is 1.38. The summed E-state index contributed by atoms with van der Waals surface area (Å²) in [6.45, 7) is 3.94. The third kappa shape index (κ3) is 2.36. The average molecular weight is 182 g/mol. The smallest absolute Gasteiger partial charge is 0.122 e. The molecule has 0 fully saturated rings. The largest absolute Gasteiger partial charge is 0.508 e. The van der Waals surface area contributed by atoms with Crippen molar-refractivity contribution in [3.8, 4) is 11.5 Å². The fraction of sp³-hybridized carbons (Fsp3) is 0.400. The quantitative estimate of drug-likeness (QED) is 0.742. The molecule has 0 aliphatic rings. The number of aliphatic hydroxyl groups is 1. The number of hydrogen-bond acceptors (Lipinski definition) is 3. The summed E-state index contributed by atoms with van der Waals surface area (Å²) in [7, 11) is 0. The molecule has 0 bridgehead atoms. The van der Waals surface area contributed by atoms with Crippen molar-refractivity contribution in [3.63, 3.8) is 0 Å². The van der Waals surface area contributed by atoms with E-state index in [0.29, 0.717) is 5.75 Å². The Labute approximate surface area is 77.6 Å². The molecule has 3 heteroatoms. The molecule has 0 heterocycles. The van der Waals surface area contributed by atoms with Crippen LogP contribution in [0.3, 0.4) is 0 Å². The molecule has 1 aromatic rings. The minimum Gasteiger partial charge on any atom is -0.508 e. The minimum atomic E-state index is -0.000631. The second-order valence-corrected chi connectivity index (χ2v) is 2.98. The topological polar surface area (TPSA) is 49.7 Å². The second kappa shape index (κ2) is 4.14. The summed E-state index contributed by atoms with van der Waals surface area (Å²) in [4.78, 5) is 0. The van der Waals surface area contributed by atoms with Crippen molar-refractivity contribution in [2.45, 2.75) is 13.8 Å². The number of hydrogen-bond donors (Lipinski definition) is 2. The van der Waals surface area contributed by atoms with Gasteiger partial charge in [-0.15, -0.1) is 0 Å². The number of aryl methyl sites for hydroxylation is 2. The van der Waals surface area contributed by atoms with Crippen LogP contribution in [0.2, 0.25) is 0 Å². The van der Waals surface area contributed by atoms with Crippen molar-refractivity contribution < 1.29 is 14.9 Å². The maximum atomic E-state index is 9.35. The number of aromatic hydroxyl groups is 1. The lowest BCUT2D eigenvalue weighted by molar-refractivity contribution is 0.200. The molecule has 0 aliphatic heterocycles. The van der Waals surface area contributed by atoms with Crippen LogP contribution in [0.25, 0.3) is 0 Å². The molecule has 3 nitrogen and oxygen atoms in total. The van der Waals surface area contributed by atoms with Crippen LogP contribution in [0.5, 0.6) is 11.5 Å². The number of aliphatic hydroxyl groups excluding tert-OH is 1. The number of phenols is 1. The lowest BCUT2D eigenvalue weighted by Crippen LogP contribution is -2.02. The molecule has 1 rings (SSSR count). The van der Waals surface area contributed by atoms with Gasteiger partial charge in [0.15, 0.2) is 0 Å². The van der Waals surface area contributed by atoms with Crippen LogP contribution >= 0.6 is 0 Å². The Kier molecular flexibility index (Phi) is 3.14. The SMILES string of the molecule is Cc1cc(OCCO)c(C)cc1O. The van der Waals surface area contributed by atoms with Crippen LogP contribution < -0.4 is 4.74 Å². The van der Waals surface area contributed by atoms with Gasteiger partial charge in [-0.3, -0.25) is 0 Å². The Morgan fingerprint density at radius 2 is 1.92 bits per heavy atom. The summed E-state index contributed by atoms with van der Waals surface area (Å²) >= 11 is 0. The molecular formula is C10H14O3. The van der Waals surface area contributed by atoms with Gasteiger partial charge in [-0.25, -0.2) is 0 Å². The van der Waals surface area contributed by atoms with Gasteiger partial charge in [-0.1, -0.05) is 0 Å². The maximum Gasteiger partial charge on any atom is 0.122 e. The van der Waals surface area contributed by atoms with Crippen molar-refractivity contribution in [3.05, 3.63) is 23.3 Å². The number of phenolic OH excluding ortho intramolecular Hbond substituents is 1. The van der Waals surface area contributed by atoms with E-state index >= 15 is 0 Å². The average Bonchev–Trinajstić information content (AvgIpc) is 2.09. The monoisotopic (exact) mass is 182 g/mol. The number of ether oxygens (including phenoxy) is 1. The minimum absolute atomic E-state index is 0.000631. The fourth-order valence-electron chi connectivity index (χ4n) is 1.09. The Bertz CT molecular complexity index is 294. The first-order valence-corrected chi connectivity index (χ1v) is 4.19. The zero-order valence-corrected chi connectivity index (χ0v) is 7.87. The summed E-state index contributed by atoms with van der Waals surface area (Å²) in [6.07, 6.45) is 0. The van der Waals surface area contributed by atoms with Gasteiger partial charge in [0, 0.05) is 0 Å². The first-order chi connectivity index (χ1) is 6.15. The molecule has 2 N–H and O–H groups in total. The Balaban J connectivity index is 2.88. The predicted molar refractivity (Wildman–Crippen MR) is 50.2 cm³/mol. The summed E-state index contributed by atoms with van der Waals surface area (Å²) in [6, 6.07) is 3.42. The molecule has 0 saturated heterocycles. The molecule has 0 spiro atoms. The van der Waals surface area contributed by atoms with Crippen molar-refractivity contribution in [2.75, 3.05) is 13.2 Å². The van der Waals surface area contributed by atoms with Gasteiger partial charge in [-0.2, -0.15) is 0 Å². The molecule has 0 aliphatic carbocycles. The van der Waals surface area contributed by atoms with E-state index in [-0.39, 0.29) is 19.0 Å². The van der Waals surface area contributed by atoms with Crippen molar-refractivity contribution in [1.29, 1.82) is 0 Å². The standard InChI is InChI=1S/C10H14O3/c1-7-6-10(13-4-3-11)8(2)5-9(7)12/h5-6,11-12H,3-4H2,1-2H3. The van der Waals surface area contributed by atoms with Crippen LogP contribution in [0.4, 0.5) is 0 Å². The summed E-state index contributed by atoms with van der Waals surface area (Å²) in [5, 5.41) is 17.9. The Morgan fingerprint density at radius 3 is 2.54 bits per heavy atom. The van der Waals surface area contributed by atoms with Gasteiger partial charge in [-0.05, 0) is 37.1 Å². The highest BCUT2D eigenvalue weighted by Crippen LogP contribution is 2.26. The van der Waals surface area contributed by atoms with Crippen molar-refractivity contribution >= 4 is 0 Å². The van der Waals surface area contributed by atoms with Gasteiger partial charge in [0.2, 0.25) is 0 Å². The normalized spacial score (nSPS) is 10.1. The lowest BCUT2D eigenvalue weighted by atomic mass is 10.1. The molecule has 13 heavy (non-hydrogen) atoms. The van der Waals surface area contributed by atoms with E-state index in [1.165, 1.54) is 0 Å². The first kappa shape index (κ1) is 9.86. The maximum absolute atomic E-state index is 9.35. The van der Waals surface area contributed by atoms with Gasteiger partial charge in [0.05, 0.1) is 6.61 Å². The van der Waals surface area contributed by atoms with E-state index in [9.17, 15) is 5.11 Å². The third-order valence-corrected chi connectivity index (χ3v) is 1.84. The van der Waals surface area contributed by atoms with E-state index in [0.717, 1.165) is 11.1 Å². The Hall–Kier alpha value is -1.22. The van der Waals surface area contributed by atoms with Crippen LogP contribution in [0.15, 0.2) is 12.1 Å². The first-order valence-electron chi connectivity index (χ1n) is 4.19. The number of benzene rings is 1. The summed E-state index contributed by atoms with van der Waals surface area (Å²) in [5.74, 6) is 0.984. The Morgan fingerprint density at radius 1 is 1.23 bits per heavy atom. The highest BCUT2D eigenvalue weighted by Gasteiger charge is 2.03. The van der Waals surface area contributed by atoms with Crippen LogP contribution in [0, 0.1) is 13.8 Å². The van der Waals surface area contributed by atoms with Crippen LogP contribution in [-0.4, -0.2) is 23.4 Å². The molecule has 0 atom stereocenters. The van der Waals surface area contributed by atoms with Crippen molar-refractivity contribution in [2.24, 2.45) is 0 Å². The van der Waals surface area contributed by atoms with E-state index in [4.69, 9.17) is 9.84 Å². The van der Waals surface area contributed by atoms with Gasteiger partial charge < -0.3 is 14.9 Å². The third-order valence-electron chi connectivity index (χ3n) is 1.84. The van der Waals surface area contributed by atoms with E-state index in [1.54, 1.807) is 19.1 Å². The fourth-order valence-corrected chi connectivity index (χ4v) is 1.09. The molecule has 0 aromatic heterocycles. The summed E-state index contributed by atoms with van der Waals surface area (Å²) in [5.41, 5.74) is 1.65. The van der Waals surface area contributed by atoms with Crippen LogP contribution in [-0.2, 0) is 0 Å². The molecule has 0 unspecified atom stereocenters. The lowest BCUT2D eigenvalue weighted by Gasteiger charge is -2.09. The van der Waals surface area contributed by atoms with Crippen LogP contribution in [0.1, 0.15) is 11.1 Å². The van der Waals surface area contributed by atoms with E-state index in [2.05, 4.69) is 0 Å². The highest BCUT2D eigenvalue weighted by molar-refractivity contribution is 5.44. The molecular weight excluding hydrogens is 168 g/mol. The zero-order valence-electron chi connectivity index (χ0n) is 7.87. The highest BCUT2D eigenvalue weighted by atomic mass is 16.5. The zero-order chi connectivity index (χ0) is 9.84. The molecule has 0 radical (unpaired) electrons. The molecule has 72 valence electrons. The molecule has 1 aromatic carbocycles. The molecule has 0 amide bonds. The van der Waals surface area contributed by atoms with E-state index in [1.807, 2.05) is 6.92 Å². The van der Waals surface area contributed by atoms with Crippen molar-refractivity contribution in [1.82, 2.24) is 0 Å². The second-order valence-electron chi connectivity index (χ2n) is 2.98. The molecule has 0 saturated carbocycles. The van der Waals surface area contributed by atoms with E-state index < -0.39 is 0 Å². The van der Waals surface area contributed by atoms with Gasteiger partial charge >= 0.3 is 0 Å². The van der Waals surface area contributed by atoms with Gasteiger partial charge in [0.25, 0.3) is 0 Å².